The maximum absolute atomic E-state index is 11.1. The fourth-order valence-electron chi connectivity index (χ4n) is 1.80. The Balaban J connectivity index is 2.09. The summed E-state index contributed by atoms with van der Waals surface area (Å²) in [5.74, 6) is 1.39. The SMILES string of the molecule is CCCOc1ccc(C=O)c(OCc2ccc(O)cc2)c1. The van der Waals surface area contributed by atoms with E-state index in [-0.39, 0.29) is 5.75 Å². The number of aromatic hydroxyl groups is 1. The Kier molecular flexibility index (Phi) is 5.21. The Morgan fingerprint density at radius 1 is 1.10 bits per heavy atom. The van der Waals surface area contributed by atoms with Crippen LogP contribution in [0.25, 0.3) is 0 Å². The first-order valence-corrected chi connectivity index (χ1v) is 6.85. The van der Waals surface area contributed by atoms with Crippen LogP contribution in [0.4, 0.5) is 0 Å². The molecule has 0 aliphatic carbocycles. The normalized spacial score (nSPS) is 10.1. The van der Waals surface area contributed by atoms with E-state index < -0.39 is 0 Å². The number of ether oxygens (including phenoxy) is 2. The molecule has 0 aliphatic rings. The van der Waals surface area contributed by atoms with Gasteiger partial charge in [0.2, 0.25) is 0 Å². The number of hydrogen-bond acceptors (Lipinski definition) is 4. The first-order valence-electron chi connectivity index (χ1n) is 6.85. The molecular formula is C17H18O4. The Bertz CT molecular complexity index is 590. The van der Waals surface area contributed by atoms with Gasteiger partial charge in [0.05, 0.1) is 12.2 Å². The van der Waals surface area contributed by atoms with Crippen LogP contribution in [-0.2, 0) is 6.61 Å². The fourth-order valence-corrected chi connectivity index (χ4v) is 1.80. The monoisotopic (exact) mass is 286 g/mol. The van der Waals surface area contributed by atoms with Crippen LogP contribution in [0.15, 0.2) is 42.5 Å². The zero-order valence-electron chi connectivity index (χ0n) is 11.9. The van der Waals surface area contributed by atoms with Crippen molar-refractivity contribution < 1.29 is 19.4 Å². The lowest BCUT2D eigenvalue weighted by Crippen LogP contribution is -2.00. The van der Waals surface area contributed by atoms with Gasteiger partial charge in [-0.05, 0) is 36.2 Å². The van der Waals surface area contributed by atoms with E-state index in [9.17, 15) is 9.90 Å². The molecule has 2 aromatic rings. The van der Waals surface area contributed by atoms with E-state index in [0.29, 0.717) is 30.3 Å². The third kappa shape index (κ3) is 4.24. The zero-order chi connectivity index (χ0) is 15.1. The minimum absolute atomic E-state index is 0.210. The Morgan fingerprint density at radius 3 is 2.52 bits per heavy atom. The molecular weight excluding hydrogens is 268 g/mol. The molecule has 2 rings (SSSR count). The van der Waals surface area contributed by atoms with Crippen molar-refractivity contribution in [1.29, 1.82) is 0 Å². The standard InChI is InChI=1S/C17H18O4/c1-2-9-20-16-8-5-14(11-18)17(10-16)21-12-13-3-6-15(19)7-4-13/h3-8,10-11,19H,2,9,12H2,1H3. The highest BCUT2D eigenvalue weighted by Crippen LogP contribution is 2.25. The second-order valence-corrected chi connectivity index (χ2v) is 4.62. The lowest BCUT2D eigenvalue weighted by atomic mass is 10.2. The van der Waals surface area contributed by atoms with Crippen molar-refractivity contribution in [2.24, 2.45) is 0 Å². The lowest BCUT2D eigenvalue weighted by molar-refractivity contribution is 0.111. The number of phenolic OH excluding ortho intramolecular Hbond substituents is 1. The molecule has 0 radical (unpaired) electrons. The van der Waals surface area contributed by atoms with E-state index in [1.165, 1.54) is 0 Å². The summed E-state index contributed by atoms with van der Waals surface area (Å²) in [7, 11) is 0. The Hall–Kier alpha value is -2.49. The highest BCUT2D eigenvalue weighted by molar-refractivity contribution is 5.79. The number of hydrogen-bond donors (Lipinski definition) is 1. The van der Waals surface area contributed by atoms with Gasteiger partial charge >= 0.3 is 0 Å². The molecule has 1 N–H and O–H groups in total. The van der Waals surface area contributed by atoms with Crippen molar-refractivity contribution in [1.82, 2.24) is 0 Å². The van der Waals surface area contributed by atoms with Gasteiger partial charge < -0.3 is 14.6 Å². The highest BCUT2D eigenvalue weighted by atomic mass is 16.5. The van der Waals surface area contributed by atoms with Gasteiger partial charge in [-0.3, -0.25) is 4.79 Å². The van der Waals surface area contributed by atoms with Crippen LogP contribution in [0.3, 0.4) is 0 Å². The number of benzene rings is 2. The molecule has 0 atom stereocenters. The second-order valence-electron chi connectivity index (χ2n) is 4.62. The number of aldehydes is 1. The molecule has 0 aliphatic heterocycles. The predicted molar refractivity (Wildman–Crippen MR) is 80.1 cm³/mol. The van der Waals surface area contributed by atoms with Gasteiger partial charge in [0, 0.05) is 6.07 Å². The van der Waals surface area contributed by atoms with Gasteiger partial charge in [0.1, 0.15) is 23.9 Å². The van der Waals surface area contributed by atoms with Crippen LogP contribution in [0.1, 0.15) is 29.3 Å². The van der Waals surface area contributed by atoms with Gasteiger partial charge in [-0.2, -0.15) is 0 Å². The molecule has 0 fully saturated rings. The van der Waals surface area contributed by atoms with E-state index in [4.69, 9.17) is 9.47 Å². The van der Waals surface area contributed by atoms with Crippen LogP contribution in [-0.4, -0.2) is 18.0 Å². The van der Waals surface area contributed by atoms with Crippen molar-refractivity contribution in [3.8, 4) is 17.2 Å². The zero-order valence-corrected chi connectivity index (χ0v) is 11.9. The molecule has 0 saturated carbocycles. The minimum atomic E-state index is 0.210. The lowest BCUT2D eigenvalue weighted by Gasteiger charge is -2.11. The molecule has 0 amide bonds. The number of carbonyl (C=O) groups excluding carboxylic acids is 1. The first-order chi connectivity index (χ1) is 10.2. The van der Waals surface area contributed by atoms with Crippen molar-refractivity contribution >= 4 is 6.29 Å². The largest absolute Gasteiger partial charge is 0.508 e. The summed E-state index contributed by atoms with van der Waals surface area (Å²) in [4.78, 5) is 11.1. The van der Waals surface area contributed by atoms with E-state index in [1.807, 2.05) is 6.92 Å². The van der Waals surface area contributed by atoms with Crippen LogP contribution >= 0.6 is 0 Å². The molecule has 0 heterocycles. The average Bonchev–Trinajstić information content (AvgIpc) is 2.52. The first kappa shape index (κ1) is 14.9. The summed E-state index contributed by atoms with van der Waals surface area (Å²) in [5, 5.41) is 9.24. The maximum Gasteiger partial charge on any atom is 0.153 e. The third-order valence-electron chi connectivity index (χ3n) is 2.92. The van der Waals surface area contributed by atoms with Gasteiger partial charge in [0.25, 0.3) is 0 Å². The molecule has 0 aromatic heterocycles. The molecule has 0 spiro atoms. The third-order valence-corrected chi connectivity index (χ3v) is 2.92. The van der Waals surface area contributed by atoms with E-state index in [0.717, 1.165) is 18.3 Å². The van der Waals surface area contributed by atoms with Gasteiger partial charge in [-0.25, -0.2) is 0 Å². The van der Waals surface area contributed by atoms with Crippen molar-refractivity contribution in [3.05, 3.63) is 53.6 Å². The minimum Gasteiger partial charge on any atom is -0.508 e. The molecule has 0 bridgehead atoms. The number of phenols is 1. The van der Waals surface area contributed by atoms with Gasteiger partial charge in [-0.1, -0.05) is 19.1 Å². The number of carbonyl (C=O) groups is 1. The molecule has 21 heavy (non-hydrogen) atoms. The quantitative estimate of drug-likeness (QED) is 0.790. The summed E-state index contributed by atoms with van der Waals surface area (Å²) >= 11 is 0. The van der Waals surface area contributed by atoms with E-state index in [1.54, 1.807) is 42.5 Å². The van der Waals surface area contributed by atoms with Crippen molar-refractivity contribution in [3.63, 3.8) is 0 Å². The summed E-state index contributed by atoms with van der Waals surface area (Å²) in [6, 6.07) is 11.9. The smallest absolute Gasteiger partial charge is 0.153 e. The van der Waals surface area contributed by atoms with Crippen LogP contribution in [0.5, 0.6) is 17.2 Å². The number of rotatable bonds is 7. The molecule has 0 saturated heterocycles. The van der Waals surface area contributed by atoms with Crippen LogP contribution in [0, 0.1) is 0 Å². The highest BCUT2D eigenvalue weighted by Gasteiger charge is 2.06. The van der Waals surface area contributed by atoms with Gasteiger partial charge in [-0.15, -0.1) is 0 Å². The maximum atomic E-state index is 11.1. The Labute approximate surface area is 123 Å². The molecule has 110 valence electrons. The van der Waals surface area contributed by atoms with Crippen molar-refractivity contribution in [2.75, 3.05) is 6.61 Å². The molecule has 0 unspecified atom stereocenters. The second kappa shape index (κ2) is 7.33. The van der Waals surface area contributed by atoms with E-state index >= 15 is 0 Å². The molecule has 4 nitrogen and oxygen atoms in total. The van der Waals surface area contributed by atoms with Crippen LogP contribution < -0.4 is 9.47 Å². The summed E-state index contributed by atoms with van der Waals surface area (Å²) in [5.41, 5.74) is 1.39. The molecule has 4 heteroatoms. The summed E-state index contributed by atoms with van der Waals surface area (Å²) < 4.78 is 11.2. The summed E-state index contributed by atoms with van der Waals surface area (Å²) in [6.07, 6.45) is 1.68. The van der Waals surface area contributed by atoms with Crippen LogP contribution in [0.2, 0.25) is 0 Å². The van der Waals surface area contributed by atoms with Gasteiger partial charge in [0.15, 0.2) is 6.29 Å². The fraction of sp³-hybridized carbons (Fsp3) is 0.235. The summed E-state index contributed by atoms with van der Waals surface area (Å²) in [6.45, 7) is 2.97. The predicted octanol–water partition coefficient (Wildman–Crippen LogP) is 3.57. The topological polar surface area (TPSA) is 55.8 Å². The van der Waals surface area contributed by atoms with E-state index in [2.05, 4.69) is 0 Å². The Morgan fingerprint density at radius 2 is 1.86 bits per heavy atom. The molecule has 2 aromatic carbocycles. The average molecular weight is 286 g/mol. The van der Waals surface area contributed by atoms with Crippen molar-refractivity contribution in [2.45, 2.75) is 20.0 Å².